The van der Waals surface area contributed by atoms with Crippen LogP contribution in [0.4, 0.5) is 0 Å². The van der Waals surface area contributed by atoms with Crippen LogP contribution in [0.5, 0.6) is 0 Å². The first kappa shape index (κ1) is 13.7. The Morgan fingerprint density at radius 3 is 2.59 bits per heavy atom. The third-order valence-corrected chi connectivity index (χ3v) is 3.01. The van der Waals surface area contributed by atoms with Crippen LogP contribution < -0.4 is 5.32 Å². The van der Waals surface area contributed by atoms with Gasteiger partial charge in [0.15, 0.2) is 0 Å². The van der Waals surface area contributed by atoms with Crippen molar-refractivity contribution in [2.75, 3.05) is 20.2 Å². The second-order valence-corrected chi connectivity index (χ2v) is 4.29. The van der Waals surface area contributed by atoms with Crippen molar-refractivity contribution in [1.29, 1.82) is 5.26 Å². The van der Waals surface area contributed by atoms with E-state index >= 15 is 0 Å². The minimum Gasteiger partial charge on any atom is -0.394 e. The van der Waals surface area contributed by atoms with E-state index in [1.807, 2.05) is 31.3 Å². The number of nitrogens with zero attached hydrogens (tertiary/aromatic N) is 1. The third-order valence-electron chi connectivity index (χ3n) is 3.01. The fourth-order valence-electron chi connectivity index (χ4n) is 1.98. The van der Waals surface area contributed by atoms with Gasteiger partial charge in [0.2, 0.25) is 0 Å². The van der Waals surface area contributed by atoms with E-state index in [0.717, 1.165) is 12.1 Å². The molecule has 1 aromatic rings. The second-order valence-electron chi connectivity index (χ2n) is 4.29. The highest BCUT2D eigenvalue weighted by Gasteiger charge is 2.42. The predicted octanol–water partition coefficient (Wildman–Crippen LogP) is 1.61. The molecule has 1 aliphatic rings. The largest absolute Gasteiger partial charge is 0.394 e. The Kier molecular flexibility index (Phi) is 5.14. The molecule has 0 radical (unpaired) electrons. The van der Waals surface area contributed by atoms with Gasteiger partial charge < -0.3 is 10.4 Å². The summed E-state index contributed by atoms with van der Waals surface area (Å²) in [4.78, 5) is 0. The van der Waals surface area contributed by atoms with Crippen molar-refractivity contribution >= 4 is 0 Å². The van der Waals surface area contributed by atoms with Gasteiger partial charge in [-0.3, -0.25) is 0 Å². The molecule has 1 aliphatic carbocycles. The topological polar surface area (TPSA) is 56.0 Å². The molecule has 2 rings (SSSR count). The molecule has 2 N–H and O–H groups in total. The maximum absolute atomic E-state index is 9.06. The molecule has 1 atom stereocenters. The Morgan fingerprint density at radius 1 is 1.47 bits per heavy atom. The van der Waals surface area contributed by atoms with Crippen molar-refractivity contribution in [3.05, 3.63) is 35.4 Å². The number of aliphatic hydroxyl groups is 1. The minimum absolute atomic E-state index is 0.0689. The number of hydrogen-bond donors (Lipinski definition) is 2. The normalized spacial score (nSPS) is 20.4. The lowest BCUT2D eigenvalue weighted by Gasteiger charge is -2.36. The van der Waals surface area contributed by atoms with E-state index in [-0.39, 0.29) is 6.61 Å². The van der Waals surface area contributed by atoms with Gasteiger partial charge in [-0.05, 0) is 37.6 Å². The van der Waals surface area contributed by atoms with Gasteiger partial charge >= 0.3 is 0 Å². The van der Waals surface area contributed by atoms with Crippen LogP contribution in [0.25, 0.3) is 0 Å². The van der Waals surface area contributed by atoms with E-state index in [1.165, 1.54) is 12.0 Å². The Morgan fingerprint density at radius 2 is 2.18 bits per heavy atom. The number of benzene rings is 1. The van der Waals surface area contributed by atoms with Crippen molar-refractivity contribution < 1.29 is 5.11 Å². The van der Waals surface area contributed by atoms with E-state index in [1.54, 1.807) is 0 Å². The molecule has 0 saturated carbocycles. The Labute approximate surface area is 103 Å². The van der Waals surface area contributed by atoms with Crippen LogP contribution in [0.2, 0.25) is 0 Å². The highest BCUT2D eigenvalue weighted by molar-refractivity contribution is 5.50. The molecule has 1 aromatic carbocycles. The molecule has 17 heavy (non-hydrogen) atoms. The van der Waals surface area contributed by atoms with Crippen LogP contribution in [0.15, 0.2) is 24.3 Å². The Bertz CT molecular complexity index is 395. The summed E-state index contributed by atoms with van der Waals surface area (Å²) in [6, 6.07) is 9.94. The highest BCUT2D eigenvalue weighted by atomic mass is 16.3. The summed E-state index contributed by atoms with van der Waals surface area (Å²) in [7, 11) is 1.96. The van der Waals surface area contributed by atoms with Crippen molar-refractivity contribution in [3.63, 3.8) is 0 Å². The average Bonchev–Trinajstić information content (AvgIpc) is 2.34. The van der Waals surface area contributed by atoms with Crippen LogP contribution >= 0.6 is 0 Å². The molecule has 0 saturated heterocycles. The van der Waals surface area contributed by atoms with Crippen LogP contribution in [0, 0.1) is 11.3 Å². The zero-order valence-electron chi connectivity index (χ0n) is 10.5. The van der Waals surface area contributed by atoms with Crippen LogP contribution in [0.3, 0.4) is 0 Å². The van der Waals surface area contributed by atoms with Gasteiger partial charge in [0.25, 0.3) is 0 Å². The lowest BCUT2D eigenvalue weighted by atomic mass is 9.65. The number of nitriles is 1. The molecule has 0 aliphatic heterocycles. The van der Waals surface area contributed by atoms with Crippen LogP contribution in [0.1, 0.15) is 24.5 Å². The number of nitrogens with one attached hydrogen (secondary N) is 1. The quantitative estimate of drug-likeness (QED) is 0.832. The van der Waals surface area contributed by atoms with Crippen molar-refractivity contribution in [2.45, 2.75) is 25.2 Å². The summed E-state index contributed by atoms with van der Waals surface area (Å²) in [5, 5.41) is 21.0. The zero-order chi connectivity index (χ0) is 12.7. The lowest BCUT2D eigenvalue weighted by Crippen LogP contribution is -2.40. The summed E-state index contributed by atoms with van der Waals surface area (Å²) in [6.45, 7) is 3.22. The lowest BCUT2D eigenvalue weighted by molar-refractivity contribution is 0.212. The Balaban J connectivity index is 0.000000249. The highest BCUT2D eigenvalue weighted by Crippen LogP contribution is 2.39. The predicted molar refractivity (Wildman–Crippen MR) is 68.7 cm³/mol. The first-order chi connectivity index (χ1) is 8.24. The van der Waals surface area contributed by atoms with E-state index in [0.29, 0.717) is 6.42 Å². The molecule has 92 valence electrons. The number of aliphatic hydroxyl groups excluding tert-OH is 1. The molecular formula is C14H20N2O. The minimum atomic E-state index is -0.601. The molecule has 0 heterocycles. The number of rotatable bonds is 3. The monoisotopic (exact) mass is 232 g/mol. The van der Waals surface area contributed by atoms with Crippen molar-refractivity contribution in [2.24, 2.45) is 0 Å². The standard InChI is InChI=1S/C10H9NO.C4H11N/c11-6-10(7-12)5-8-3-1-2-4-9(8)10;1-3-4-5-2/h1-4,12H,5,7H2;5H,3-4H2,1-2H3. The number of fused-ring (bicyclic) bond motifs is 1. The second kappa shape index (κ2) is 6.39. The van der Waals surface area contributed by atoms with Gasteiger partial charge in [-0.15, -0.1) is 0 Å². The maximum Gasteiger partial charge on any atom is 0.109 e. The SMILES string of the molecule is CCCNC.N#CC1(CO)Cc2ccccc21. The summed E-state index contributed by atoms with van der Waals surface area (Å²) in [6.07, 6.45) is 1.92. The van der Waals surface area contributed by atoms with Gasteiger partial charge in [-0.2, -0.15) is 5.26 Å². The van der Waals surface area contributed by atoms with Gasteiger partial charge in [0, 0.05) is 0 Å². The summed E-state index contributed by atoms with van der Waals surface area (Å²) in [5.74, 6) is 0. The summed E-state index contributed by atoms with van der Waals surface area (Å²) in [5.41, 5.74) is 1.58. The van der Waals surface area contributed by atoms with E-state index < -0.39 is 5.41 Å². The molecule has 0 fully saturated rings. The third kappa shape index (κ3) is 2.85. The summed E-state index contributed by atoms with van der Waals surface area (Å²) < 4.78 is 0. The zero-order valence-corrected chi connectivity index (χ0v) is 10.5. The molecule has 0 bridgehead atoms. The fourth-order valence-corrected chi connectivity index (χ4v) is 1.98. The van der Waals surface area contributed by atoms with Gasteiger partial charge in [0.1, 0.15) is 5.41 Å². The first-order valence-corrected chi connectivity index (χ1v) is 5.99. The van der Waals surface area contributed by atoms with Gasteiger partial charge in [-0.1, -0.05) is 31.2 Å². The molecule has 0 aromatic heterocycles. The fraction of sp³-hybridized carbons (Fsp3) is 0.500. The molecule has 0 amide bonds. The van der Waals surface area contributed by atoms with Crippen LogP contribution in [-0.4, -0.2) is 25.3 Å². The van der Waals surface area contributed by atoms with Crippen molar-refractivity contribution in [3.8, 4) is 6.07 Å². The first-order valence-electron chi connectivity index (χ1n) is 5.99. The molecule has 3 heteroatoms. The van der Waals surface area contributed by atoms with Crippen molar-refractivity contribution in [1.82, 2.24) is 5.32 Å². The van der Waals surface area contributed by atoms with Gasteiger partial charge in [0.05, 0.1) is 12.7 Å². The van der Waals surface area contributed by atoms with Crippen LogP contribution in [-0.2, 0) is 11.8 Å². The van der Waals surface area contributed by atoms with E-state index in [2.05, 4.69) is 18.3 Å². The Hall–Kier alpha value is -1.37. The number of hydrogen-bond acceptors (Lipinski definition) is 3. The van der Waals surface area contributed by atoms with E-state index in [9.17, 15) is 0 Å². The van der Waals surface area contributed by atoms with E-state index in [4.69, 9.17) is 10.4 Å². The molecule has 1 unspecified atom stereocenters. The molecule has 0 spiro atoms. The van der Waals surface area contributed by atoms with Gasteiger partial charge in [-0.25, -0.2) is 0 Å². The smallest absolute Gasteiger partial charge is 0.109 e. The molecular weight excluding hydrogens is 212 g/mol. The molecule has 3 nitrogen and oxygen atoms in total. The summed E-state index contributed by atoms with van der Waals surface area (Å²) >= 11 is 0. The maximum atomic E-state index is 9.06. The average molecular weight is 232 g/mol.